The Morgan fingerprint density at radius 2 is 1.93 bits per heavy atom. The molecule has 0 saturated heterocycles. The van der Waals surface area contributed by atoms with Gasteiger partial charge in [0.15, 0.2) is 11.0 Å². The number of carbonyl (C=O) groups is 1. The molecule has 0 bridgehead atoms. The van der Waals surface area contributed by atoms with E-state index in [2.05, 4.69) is 15.5 Å². The first kappa shape index (κ1) is 19.3. The van der Waals surface area contributed by atoms with Crippen LogP contribution in [0.1, 0.15) is 6.92 Å². The van der Waals surface area contributed by atoms with Gasteiger partial charge in [0.2, 0.25) is 5.91 Å². The van der Waals surface area contributed by atoms with Gasteiger partial charge in [0, 0.05) is 17.8 Å². The van der Waals surface area contributed by atoms with Gasteiger partial charge in [-0.25, -0.2) is 0 Å². The molecule has 0 aliphatic rings. The second kappa shape index (κ2) is 8.92. The highest BCUT2D eigenvalue weighted by Crippen LogP contribution is 2.32. The number of rotatable bonds is 7. The van der Waals surface area contributed by atoms with E-state index < -0.39 is 0 Å². The Morgan fingerprint density at radius 3 is 2.59 bits per heavy atom. The van der Waals surface area contributed by atoms with Crippen LogP contribution in [0.4, 0.5) is 0 Å². The summed E-state index contributed by atoms with van der Waals surface area (Å²) in [4.78, 5) is 11.9. The summed E-state index contributed by atoms with van der Waals surface area (Å²) in [7, 11) is 1.62. The van der Waals surface area contributed by atoms with Crippen LogP contribution in [0.15, 0.2) is 53.7 Å². The third-order valence-corrected chi connectivity index (χ3v) is 5.04. The molecule has 0 spiro atoms. The quantitative estimate of drug-likeness (QED) is 0.608. The molecule has 140 valence electrons. The molecule has 3 aromatic rings. The van der Waals surface area contributed by atoms with Crippen LogP contribution in [-0.2, 0) is 4.79 Å². The Morgan fingerprint density at radius 1 is 1.19 bits per heavy atom. The molecule has 1 amide bonds. The van der Waals surface area contributed by atoms with Crippen molar-refractivity contribution in [2.75, 3.05) is 19.4 Å². The summed E-state index contributed by atoms with van der Waals surface area (Å²) in [6.07, 6.45) is 0. The average Bonchev–Trinajstić information content (AvgIpc) is 3.11. The topological polar surface area (TPSA) is 69.0 Å². The Kier molecular flexibility index (Phi) is 6.36. The monoisotopic (exact) mass is 402 g/mol. The molecule has 0 unspecified atom stereocenters. The van der Waals surface area contributed by atoms with Crippen LogP contribution in [0.5, 0.6) is 5.75 Å². The smallest absolute Gasteiger partial charge is 0.230 e. The van der Waals surface area contributed by atoms with Crippen LogP contribution in [-0.4, -0.2) is 40.1 Å². The molecule has 1 aromatic heterocycles. The maximum absolute atomic E-state index is 11.9. The molecule has 6 nitrogen and oxygen atoms in total. The molecule has 0 aliphatic heterocycles. The molecule has 27 heavy (non-hydrogen) atoms. The highest BCUT2D eigenvalue weighted by molar-refractivity contribution is 7.99. The first-order valence-electron chi connectivity index (χ1n) is 8.38. The van der Waals surface area contributed by atoms with Gasteiger partial charge in [-0.3, -0.25) is 9.36 Å². The number of hydrogen-bond acceptors (Lipinski definition) is 5. The van der Waals surface area contributed by atoms with Gasteiger partial charge in [0.05, 0.1) is 17.9 Å². The molecule has 1 heterocycles. The minimum atomic E-state index is -0.0499. The van der Waals surface area contributed by atoms with Crippen molar-refractivity contribution in [3.8, 4) is 22.8 Å². The van der Waals surface area contributed by atoms with Crippen molar-refractivity contribution in [1.82, 2.24) is 20.1 Å². The van der Waals surface area contributed by atoms with Crippen molar-refractivity contribution in [2.24, 2.45) is 0 Å². The first-order chi connectivity index (χ1) is 13.1. The number of nitrogens with one attached hydrogen (secondary N) is 1. The van der Waals surface area contributed by atoms with Crippen molar-refractivity contribution in [3.05, 3.63) is 53.6 Å². The fourth-order valence-electron chi connectivity index (χ4n) is 2.52. The molecule has 2 aromatic carbocycles. The van der Waals surface area contributed by atoms with Gasteiger partial charge >= 0.3 is 0 Å². The van der Waals surface area contributed by atoms with Gasteiger partial charge in [0.1, 0.15) is 5.75 Å². The normalized spacial score (nSPS) is 10.6. The van der Waals surface area contributed by atoms with Gasteiger partial charge in [-0.1, -0.05) is 35.5 Å². The third kappa shape index (κ3) is 4.43. The van der Waals surface area contributed by atoms with Gasteiger partial charge in [-0.05, 0) is 43.3 Å². The predicted molar refractivity (Wildman–Crippen MR) is 108 cm³/mol. The molecule has 0 fully saturated rings. The fraction of sp³-hybridized carbons (Fsp3) is 0.211. The van der Waals surface area contributed by atoms with Crippen LogP contribution >= 0.6 is 23.4 Å². The Labute approximate surface area is 166 Å². The number of ether oxygens (including phenoxy) is 1. The zero-order chi connectivity index (χ0) is 19.2. The van der Waals surface area contributed by atoms with Crippen LogP contribution in [0.2, 0.25) is 5.02 Å². The number of benzene rings is 2. The zero-order valence-electron chi connectivity index (χ0n) is 15.0. The average molecular weight is 403 g/mol. The standard InChI is InChI=1S/C19H19ClN4O2S/c1-3-21-17(25)12-27-19-23-22-18(15-6-4-5-7-16(15)20)24(19)13-8-10-14(26-2)11-9-13/h4-11H,3,12H2,1-2H3,(H,21,25). The number of aromatic nitrogens is 3. The van der Waals surface area contributed by atoms with Gasteiger partial charge in [-0.15, -0.1) is 10.2 Å². The van der Waals surface area contributed by atoms with Crippen molar-refractivity contribution < 1.29 is 9.53 Å². The second-order valence-corrected chi connectivity index (χ2v) is 6.91. The van der Waals surface area contributed by atoms with E-state index in [1.807, 2.05) is 60.0 Å². The molecule has 1 N–H and O–H groups in total. The molecule has 0 aliphatic carbocycles. The van der Waals surface area contributed by atoms with Gasteiger partial charge in [-0.2, -0.15) is 0 Å². The van der Waals surface area contributed by atoms with E-state index >= 15 is 0 Å². The van der Waals surface area contributed by atoms with Crippen LogP contribution in [0, 0.1) is 0 Å². The van der Waals surface area contributed by atoms with Crippen molar-refractivity contribution >= 4 is 29.3 Å². The lowest BCUT2D eigenvalue weighted by Gasteiger charge is -2.12. The second-order valence-electron chi connectivity index (χ2n) is 5.56. The molecule has 0 saturated carbocycles. The predicted octanol–water partition coefficient (Wildman–Crippen LogP) is 3.82. The minimum Gasteiger partial charge on any atom is -0.497 e. The number of carbonyl (C=O) groups excluding carboxylic acids is 1. The summed E-state index contributed by atoms with van der Waals surface area (Å²) >= 11 is 7.70. The van der Waals surface area contributed by atoms with E-state index in [-0.39, 0.29) is 11.7 Å². The van der Waals surface area contributed by atoms with Crippen LogP contribution in [0.3, 0.4) is 0 Å². The summed E-state index contributed by atoms with van der Waals surface area (Å²) in [5.74, 6) is 1.57. The first-order valence-corrected chi connectivity index (χ1v) is 9.74. The van der Waals surface area contributed by atoms with Crippen molar-refractivity contribution in [1.29, 1.82) is 0 Å². The number of methoxy groups -OCH3 is 1. The fourth-order valence-corrected chi connectivity index (χ4v) is 3.52. The molecule has 0 radical (unpaired) electrons. The van der Waals surface area contributed by atoms with Gasteiger partial charge < -0.3 is 10.1 Å². The summed E-state index contributed by atoms with van der Waals surface area (Å²) < 4.78 is 7.13. The van der Waals surface area contributed by atoms with E-state index in [1.54, 1.807) is 7.11 Å². The Balaban J connectivity index is 2.03. The number of nitrogens with zero attached hydrogens (tertiary/aromatic N) is 3. The lowest BCUT2D eigenvalue weighted by Crippen LogP contribution is -2.24. The SMILES string of the molecule is CCNC(=O)CSc1nnc(-c2ccccc2Cl)n1-c1ccc(OC)cc1. The highest BCUT2D eigenvalue weighted by Gasteiger charge is 2.18. The summed E-state index contributed by atoms with van der Waals surface area (Å²) in [6.45, 7) is 2.48. The van der Waals surface area contributed by atoms with Gasteiger partial charge in [0.25, 0.3) is 0 Å². The minimum absolute atomic E-state index is 0.0499. The van der Waals surface area contributed by atoms with E-state index in [9.17, 15) is 4.79 Å². The van der Waals surface area contributed by atoms with E-state index in [1.165, 1.54) is 11.8 Å². The Bertz CT molecular complexity index is 928. The zero-order valence-corrected chi connectivity index (χ0v) is 16.5. The molecule has 8 heteroatoms. The summed E-state index contributed by atoms with van der Waals surface area (Å²) in [5, 5.41) is 12.6. The summed E-state index contributed by atoms with van der Waals surface area (Å²) in [5.41, 5.74) is 1.63. The van der Waals surface area contributed by atoms with Crippen LogP contribution in [0.25, 0.3) is 17.1 Å². The number of amides is 1. The lowest BCUT2D eigenvalue weighted by atomic mass is 10.2. The number of hydrogen-bond donors (Lipinski definition) is 1. The number of halogens is 1. The molecule has 3 rings (SSSR count). The highest BCUT2D eigenvalue weighted by atomic mass is 35.5. The summed E-state index contributed by atoms with van der Waals surface area (Å²) in [6, 6.07) is 15.0. The maximum Gasteiger partial charge on any atom is 0.230 e. The molecular formula is C19H19ClN4O2S. The molecular weight excluding hydrogens is 384 g/mol. The van der Waals surface area contributed by atoms with E-state index in [0.29, 0.717) is 22.5 Å². The van der Waals surface area contributed by atoms with Crippen LogP contribution < -0.4 is 10.1 Å². The lowest BCUT2D eigenvalue weighted by molar-refractivity contribution is -0.118. The van der Waals surface area contributed by atoms with Crippen molar-refractivity contribution in [2.45, 2.75) is 12.1 Å². The maximum atomic E-state index is 11.9. The third-order valence-electron chi connectivity index (χ3n) is 3.79. The van der Waals surface area contributed by atoms with Crippen molar-refractivity contribution in [3.63, 3.8) is 0 Å². The van der Waals surface area contributed by atoms with E-state index in [4.69, 9.17) is 16.3 Å². The van der Waals surface area contributed by atoms with E-state index in [0.717, 1.165) is 17.0 Å². The number of thioether (sulfide) groups is 1. The largest absolute Gasteiger partial charge is 0.497 e. The Hall–Kier alpha value is -2.51. The molecule has 0 atom stereocenters.